The minimum absolute atomic E-state index is 0.158. The van der Waals surface area contributed by atoms with Gasteiger partial charge in [0.2, 0.25) is 0 Å². The van der Waals surface area contributed by atoms with E-state index in [1.165, 1.54) is 29.2 Å². The highest BCUT2D eigenvalue weighted by Gasteiger charge is 2.39. The van der Waals surface area contributed by atoms with Crippen molar-refractivity contribution in [2.24, 2.45) is 0 Å². The molecular formula is C24H24FN3O5. The molecule has 1 fully saturated rings. The monoisotopic (exact) mass is 453 g/mol. The summed E-state index contributed by atoms with van der Waals surface area (Å²) >= 11 is 0. The third-order valence-electron chi connectivity index (χ3n) is 5.86. The number of carbonyl (C=O) groups excluding carboxylic acids is 2. The molecule has 0 saturated carbocycles. The van der Waals surface area contributed by atoms with Crippen LogP contribution >= 0.6 is 0 Å². The summed E-state index contributed by atoms with van der Waals surface area (Å²) in [5.74, 6) is -0.0411. The number of nitrogens with one attached hydrogen (secondary N) is 1. The molecule has 3 heterocycles. The Balaban J connectivity index is 1.43. The number of nitrogens with zero attached hydrogens (tertiary/aromatic N) is 2. The summed E-state index contributed by atoms with van der Waals surface area (Å²) in [5.41, 5.74) is 1.44. The Bertz CT molecular complexity index is 1100. The van der Waals surface area contributed by atoms with Gasteiger partial charge in [0.1, 0.15) is 24.7 Å². The van der Waals surface area contributed by atoms with E-state index in [0.717, 1.165) is 13.1 Å². The maximum atomic E-state index is 13.5. The number of imide groups is 1. The van der Waals surface area contributed by atoms with Crippen LogP contribution in [0.5, 0.6) is 11.5 Å². The minimum Gasteiger partial charge on any atom is -0.486 e. The third kappa shape index (κ3) is 4.42. The van der Waals surface area contributed by atoms with Gasteiger partial charge in [-0.3, -0.25) is 19.4 Å². The van der Waals surface area contributed by atoms with Crippen LogP contribution in [-0.4, -0.2) is 74.2 Å². The van der Waals surface area contributed by atoms with Crippen LogP contribution < -0.4 is 14.8 Å². The second-order valence-corrected chi connectivity index (χ2v) is 7.96. The van der Waals surface area contributed by atoms with Gasteiger partial charge in [-0.25, -0.2) is 4.39 Å². The predicted octanol–water partition coefficient (Wildman–Crippen LogP) is 2.12. The van der Waals surface area contributed by atoms with E-state index in [2.05, 4.69) is 10.2 Å². The van der Waals surface area contributed by atoms with E-state index in [0.29, 0.717) is 55.7 Å². The summed E-state index contributed by atoms with van der Waals surface area (Å²) < 4.78 is 30.1. The molecule has 2 aromatic rings. The number of hydrogen-bond donors (Lipinski definition) is 1. The van der Waals surface area contributed by atoms with Gasteiger partial charge < -0.3 is 19.5 Å². The summed E-state index contributed by atoms with van der Waals surface area (Å²) in [6.07, 6.45) is 0. The van der Waals surface area contributed by atoms with E-state index >= 15 is 0 Å². The van der Waals surface area contributed by atoms with Crippen molar-refractivity contribution in [3.63, 3.8) is 0 Å². The van der Waals surface area contributed by atoms with Crippen molar-refractivity contribution in [3.05, 3.63) is 59.5 Å². The maximum Gasteiger partial charge on any atom is 0.278 e. The largest absolute Gasteiger partial charge is 0.486 e. The lowest BCUT2D eigenvalue weighted by molar-refractivity contribution is -0.137. The summed E-state index contributed by atoms with van der Waals surface area (Å²) in [6, 6.07) is 10.8. The van der Waals surface area contributed by atoms with E-state index in [9.17, 15) is 14.0 Å². The normalized spacial score (nSPS) is 18.8. The molecule has 8 nitrogen and oxygen atoms in total. The highest BCUT2D eigenvalue weighted by atomic mass is 19.1. The number of fused-ring (bicyclic) bond motifs is 1. The van der Waals surface area contributed by atoms with Crippen LogP contribution in [0.4, 0.5) is 10.1 Å². The van der Waals surface area contributed by atoms with Gasteiger partial charge in [0.25, 0.3) is 11.8 Å². The zero-order chi connectivity index (χ0) is 22.8. The molecule has 2 amide bonds. The van der Waals surface area contributed by atoms with Crippen LogP contribution in [0.1, 0.15) is 5.56 Å². The average molecular weight is 453 g/mol. The van der Waals surface area contributed by atoms with E-state index in [1.807, 2.05) is 0 Å². The van der Waals surface area contributed by atoms with Gasteiger partial charge in [-0.2, -0.15) is 0 Å². The molecule has 5 rings (SSSR count). The number of hydrogen-bond acceptors (Lipinski definition) is 7. The second kappa shape index (κ2) is 9.21. The van der Waals surface area contributed by atoms with Gasteiger partial charge in [-0.15, -0.1) is 0 Å². The lowest BCUT2D eigenvalue weighted by Crippen LogP contribution is -2.43. The Morgan fingerprint density at radius 2 is 1.58 bits per heavy atom. The Kier molecular flexibility index (Phi) is 5.97. The van der Waals surface area contributed by atoms with E-state index in [1.54, 1.807) is 18.2 Å². The quantitative estimate of drug-likeness (QED) is 0.671. The smallest absolute Gasteiger partial charge is 0.278 e. The summed E-state index contributed by atoms with van der Waals surface area (Å²) in [4.78, 5) is 30.1. The van der Waals surface area contributed by atoms with Gasteiger partial charge in [0.05, 0.1) is 18.8 Å². The van der Waals surface area contributed by atoms with Crippen molar-refractivity contribution in [2.45, 2.75) is 0 Å². The molecule has 9 heteroatoms. The lowest BCUT2D eigenvalue weighted by Gasteiger charge is -2.28. The first-order valence-electron chi connectivity index (χ1n) is 10.9. The molecular weight excluding hydrogens is 429 g/mol. The number of rotatable bonds is 6. The van der Waals surface area contributed by atoms with Crippen LogP contribution in [0, 0.1) is 5.82 Å². The first-order chi connectivity index (χ1) is 16.1. The number of benzene rings is 2. The molecule has 0 aliphatic carbocycles. The Morgan fingerprint density at radius 3 is 2.33 bits per heavy atom. The van der Waals surface area contributed by atoms with Crippen molar-refractivity contribution in [2.75, 3.05) is 57.9 Å². The number of anilines is 1. The fourth-order valence-corrected chi connectivity index (χ4v) is 4.11. The molecule has 0 radical (unpaired) electrons. The lowest BCUT2D eigenvalue weighted by atomic mass is 10.0. The number of ether oxygens (including phenoxy) is 3. The molecule has 3 aliphatic heterocycles. The highest BCUT2D eigenvalue weighted by molar-refractivity contribution is 6.36. The van der Waals surface area contributed by atoms with Crippen LogP contribution in [-0.2, 0) is 14.3 Å². The van der Waals surface area contributed by atoms with Gasteiger partial charge >= 0.3 is 0 Å². The topological polar surface area (TPSA) is 80.3 Å². The number of morpholine rings is 1. The van der Waals surface area contributed by atoms with E-state index in [-0.39, 0.29) is 17.8 Å². The van der Waals surface area contributed by atoms with Gasteiger partial charge in [0.15, 0.2) is 11.5 Å². The third-order valence-corrected chi connectivity index (χ3v) is 5.86. The molecule has 0 aromatic heterocycles. The van der Waals surface area contributed by atoms with Crippen LogP contribution in [0.15, 0.2) is 48.2 Å². The SMILES string of the molecule is O=C1C(Nc2ccc3c(c2)OCCO3)=C(c2ccc(F)cc2)C(=O)N1CCN1CCOCC1. The van der Waals surface area contributed by atoms with Crippen molar-refractivity contribution < 1.29 is 28.2 Å². The number of carbonyl (C=O) groups is 2. The fourth-order valence-electron chi connectivity index (χ4n) is 4.11. The number of halogens is 1. The minimum atomic E-state index is -0.415. The van der Waals surface area contributed by atoms with Crippen molar-refractivity contribution in [1.29, 1.82) is 0 Å². The zero-order valence-corrected chi connectivity index (χ0v) is 18.0. The predicted molar refractivity (Wildman–Crippen MR) is 118 cm³/mol. The zero-order valence-electron chi connectivity index (χ0n) is 18.0. The van der Waals surface area contributed by atoms with Crippen molar-refractivity contribution in [3.8, 4) is 11.5 Å². The number of amides is 2. The fraction of sp³-hybridized carbons (Fsp3) is 0.333. The Labute approximate surface area is 190 Å². The first kappa shape index (κ1) is 21.4. The van der Waals surface area contributed by atoms with Gasteiger partial charge in [0, 0.05) is 37.9 Å². The van der Waals surface area contributed by atoms with Crippen molar-refractivity contribution >= 4 is 23.1 Å². The van der Waals surface area contributed by atoms with Crippen LogP contribution in [0.3, 0.4) is 0 Å². The molecule has 0 atom stereocenters. The Morgan fingerprint density at radius 1 is 0.848 bits per heavy atom. The molecule has 0 unspecified atom stereocenters. The van der Waals surface area contributed by atoms with Crippen molar-refractivity contribution in [1.82, 2.24) is 9.80 Å². The Hall–Kier alpha value is -3.43. The highest BCUT2D eigenvalue weighted by Crippen LogP contribution is 2.35. The van der Waals surface area contributed by atoms with Crippen LogP contribution in [0.25, 0.3) is 5.57 Å². The summed E-state index contributed by atoms with van der Waals surface area (Å²) in [6.45, 7) is 4.53. The maximum absolute atomic E-state index is 13.5. The summed E-state index contributed by atoms with van der Waals surface area (Å²) in [5, 5.41) is 3.11. The molecule has 0 spiro atoms. The summed E-state index contributed by atoms with van der Waals surface area (Å²) in [7, 11) is 0. The van der Waals surface area contributed by atoms with Gasteiger partial charge in [-0.05, 0) is 29.8 Å². The standard InChI is InChI=1S/C24H24FN3O5/c25-17-3-1-16(2-4-17)21-22(26-18-5-6-19-20(15-18)33-14-13-32-19)24(30)28(23(21)29)8-7-27-9-11-31-12-10-27/h1-6,15,26H,7-14H2. The molecule has 0 bridgehead atoms. The molecule has 1 saturated heterocycles. The van der Waals surface area contributed by atoms with Crippen LogP contribution in [0.2, 0.25) is 0 Å². The molecule has 1 N–H and O–H groups in total. The van der Waals surface area contributed by atoms with E-state index < -0.39 is 17.6 Å². The first-order valence-corrected chi connectivity index (χ1v) is 10.9. The average Bonchev–Trinajstić information content (AvgIpc) is 3.07. The molecule has 33 heavy (non-hydrogen) atoms. The molecule has 172 valence electrons. The van der Waals surface area contributed by atoms with E-state index in [4.69, 9.17) is 14.2 Å². The second-order valence-electron chi connectivity index (χ2n) is 7.96. The van der Waals surface area contributed by atoms with Gasteiger partial charge in [-0.1, -0.05) is 12.1 Å². The molecule has 2 aromatic carbocycles. The molecule has 3 aliphatic rings.